The Morgan fingerprint density at radius 3 is 2.87 bits per heavy atom. The molecule has 0 saturated carbocycles. The smallest absolute Gasteiger partial charge is 0.410 e. The van der Waals surface area contributed by atoms with Gasteiger partial charge in [-0.05, 0) is 48.9 Å². The monoisotopic (exact) mass is 451 g/mol. The standard InChI is InChI=1S/C20H17N7O2S2/c21-10-13-1-4-15(5-2-13)29-20(28)27(11-16(30)6-8-19-23-25-26-24-19)14-3-7-17-18(9-14)31-12-22-17/h1-5,7,9,12,16,30H,6,8,11H2,(H,23,24,25,26). The van der Waals surface area contributed by atoms with Crippen molar-refractivity contribution in [3.05, 3.63) is 59.4 Å². The first-order chi connectivity index (χ1) is 15.1. The molecule has 11 heteroatoms. The highest BCUT2D eigenvalue weighted by Crippen LogP contribution is 2.26. The molecule has 1 N–H and O–H groups in total. The van der Waals surface area contributed by atoms with E-state index in [0.717, 1.165) is 10.2 Å². The van der Waals surface area contributed by atoms with Gasteiger partial charge in [0.2, 0.25) is 0 Å². The van der Waals surface area contributed by atoms with Crippen LogP contribution in [0.3, 0.4) is 0 Å². The molecule has 0 aliphatic carbocycles. The van der Waals surface area contributed by atoms with Crippen LogP contribution < -0.4 is 9.64 Å². The summed E-state index contributed by atoms with van der Waals surface area (Å²) in [5, 5.41) is 22.7. The Balaban J connectivity index is 1.53. The number of ether oxygens (including phenoxy) is 1. The topological polar surface area (TPSA) is 121 Å². The Morgan fingerprint density at radius 2 is 2.13 bits per heavy atom. The van der Waals surface area contributed by atoms with Crippen LogP contribution >= 0.6 is 24.0 Å². The molecule has 0 saturated heterocycles. The largest absolute Gasteiger partial charge is 0.419 e. The number of H-pyrrole nitrogens is 1. The number of thiazole rings is 1. The molecule has 1 amide bonds. The summed E-state index contributed by atoms with van der Waals surface area (Å²) in [5.74, 6) is 0.951. The minimum atomic E-state index is -0.535. The molecule has 31 heavy (non-hydrogen) atoms. The van der Waals surface area contributed by atoms with Crippen molar-refractivity contribution in [1.82, 2.24) is 25.6 Å². The maximum absolute atomic E-state index is 13.1. The van der Waals surface area contributed by atoms with E-state index in [1.807, 2.05) is 24.3 Å². The van der Waals surface area contributed by atoms with Crippen molar-refractivity contribution >= 4 is 46.0 Å². The van der Waals surface area contributed by atoms with E-state index in [4.69, 9.17) is 10.00 Å². The van der Waals surface area contributed by atoms with Gasteiger partial charge in [-0.2, -0.15) is 23.1 Å². The Labute approximate surface area is 187 Å². The fourth-order valence-electron chi connectivity index (χ4n) is 2.94. The van der Waals surface area contributed by atoms with E-state index in [1.54, 1.807) is 34.7 Å². The van der Waals surface area contributed by atoms with Gasteiger partial charge in [0.15, 0.2) is 5.82 Å². The number of benzene rings is 2. The first-order valence-electron chi connectivity index (χ1n) is 9.35. The lowest BCUT2D eigenvalue weighted by Crippen LogP contribution is -2.38. The van der Waals surface area contributed by atoms with Crippen LogP contribution in [-0.4, -0.2) is 43.5 Å². The van der Waals surface area contributed by atoms with Crippen LogP contribution in [0.25, 0.3) is 10.2 Å². The van der Waals surface area contributed by atoms with E-state index < -0.39 is 6.09 Å². The fraction of sp³-hybridized carbons (Fsp3) is 0.200. The fourth-order valence-corrected chi connectivity index (χ4v) is 3.94. The van der Waals surface area contributed by atoms with Crippen molar-refractivity contribution in [2.45, 2.75) is 18.1 Å². The first-order valence-corrected chi connectivity index (χ1v) is 10.7. The second-order valence-corrected chi connectivity index (χ2v) is 8.26. The van der Waals surface area contributed by atoms with E-state index in [0.29, 0.717) is 42.2 Å². The molecule has 0 radical (unpaired) electrons. The zero-order chi connectivity index (χ0) is 21.6. The number of hydrogen-bond acceptors (Lipinski definition) is 9. The van der Waals surface area contributed by atoms with Crippen molar-refractivity contribution in [3.8, 4) is 11.8 Å². The van der Waals surface area contributed by atoms with Gasteiger partial charge >= 0.3 is 6.09 Å². The maximum Gasteiger partial charge on any atom is 0.419 e. The molecule has 9 nitrogen and oxygen atoms in total. The number of rotatable bonds is 7. The summed E-state index contributed by atoms with van der Waals surface area (Å²) in [4.78, 5) is 18.9. The average Bonchev–Trinajstić information content (AvgIpc) is 3.48. The normalized spacial score (nSPS) is 11.7. The van der Waals surface area contributed by atoms with Crippen LogP contribution in [0.15, 0.2) is 48.0 Å². The Hall–Kier alpha value is -3.49. The Bertz CT molecular complexity index is 1200. The summed E-state index contributed by atoms with van der Waals surface area (Å²) in [6.07, 6.45) is 0.690. The SMILES string of the molecule is N#Cc1ccc(OC(=O)N(CC(S)CCc2nn[nH]n2)c2ccc3ncsc3c2)cc1. The number of fused-ring (bicyclic) bond motifs is 1. The number of amides is 1. The van der Waals surface area contributed by atoms with E-state index in [2.05, 4.69) is 38.2 Å². The Kier molecular flexibility index (Phi) is 6.40. The maximum atomic E-state index is 13.1. The summed E-state index contributed by atoms with van der Waals surface area (Å²) in [6, 6.07) is 14.0. The van der Waals surface area contributed by atoms with Crippen LogP contribution in [0.2, 0.25) is 0 Å². The predicted octanol–water partition coefficient (Wildman–Crippen LogP) is 3.62. The minimum absolute atomic E-state index is 0.149. The zero-order valence-corrected chi connectivity index (χ0v) is 17.9. The van der Waals surface area contributed by atoms with Gasteiger partial charge in [-0.25, -0.2) is 9.78 Å². The van der Waals surface area contributed by atoms with Gasteiger partial charge in [-0.15, -0.1) is 21.5 Å². The van der Waals surface area contributed by atoms with Crippen molar-refractivity contribution in [2.24, 2.45) is 0 Å². The summed E-state index contributed by atoms with van der Waals surface area (Å²) >= 11 is 6.16. The molecule has 0 aliphatic rings. The van der Waals surface area contributed by atoms with Crippen molar-refractivity contribution in [2.75, 3.05) is 11.4 Å². The van der Waals surface area contributed by atoms with Gasteiger partial charge < -0.3 is 4.74 Å². The molecule has 0 fully saturated rings. The molecule has 0 spiro atoms. The molecule has 0 aliphatic heterocycles. The molecule has 2 aromatic heterocycles. The molecule has 2 heterocycles. The average molecular weight is 452 g/mol. The van der Waals surface area contributed by atoms with Crippen LogP contribution in [0.4, 0.5) is 10.5 Å². The van der Waals surface area contributed by atoms with Crippen LogP contribution in [0.5, 0.6) is 5.75 Å². The molecular formula is C20H17N7O2S2. The number of aromatic amines is 1. The van der Waals surface area contributed by atoms with Crippen molar-refractivity contribution in [3.63, 3.8) is 0 Å². The summed E-state index contributed by atoms with van der Waals surface area (Å²) in [7, 11) is 0. The number of carbonyl (C=O) groups is 1. The van der Waals surface area contributed by atoms with Gasteiger partial charge in [0.1, 0.15) is 5.75 Å². The number of tetrazole rings is 1. The number of nitrogens with one attached hydrogen (secondary N) is 1. The van der Waals surface area contributed by atoms with E-state index in [1.165, 1.54) is 11.3 Å². The number of anilines is 1. The molecule has 1 unspecified atom stereocenters. The highest BCUT2D eigenvalue weighted by atomic mass is 32.1. The van der Waals surface area contributed by atoms with Crippen LogP contribution in [-0.2, 0) is 6.42 Å². The Morgan fingerprint density at radius 1 is 1.29 bits per heavy atom. The lowest BCUT2D eigenvalue weighted by atomic mass is 10.2. The van der Waals surface area contributed by atoms with Crippen molar-refractivity contribution < 1.29 is 9.53 Å². The number of hydrogen-bond donors (Lipinski definition) is 2. The van der Waals surface area contributed by atoms with Gasteiger partial charge in [0.05, 0.1) is 27.4 Å². The number of thiol groups is 1. The van der Waals surface area contributed by atoms with E-state index in [9.17, 15) is 4.79 Å². The molecule has 1 atom stereocenters. The molecule has 0 bridgehead atoms. The molecule has 2 aromatic carbocycles. The number of nitrogens with zero attached hydrogens (tertiary/aromatic N) is 6. The quantitative estimate of drug-likeness (QED) is 0.412. The van der Waals surface area contributed by atoms with E-state index >= 15 is 0 Å². The first kappa shape index (κ1) is 20.8. The molecule has 156 valence electrons. The second-order valence-electron chi connectivity index (χ2n) is 6.64. The predicted molar refractivity (Wildman–Crippen MR) is 119 cm³/mol. The van der Waals surface area contributed by atoms with E-state index in [-0.39, 0.29) is 5.25 Å². The molecule has 4 rings (SSSR count). The molecular weight excluding hydrogens is 434 g/mol. The van der Waals surface area contributed by atoms with Gasteiger partial charge in [-0.3, -0.25) is 4.90 Å². The third kappa shape index (κ3) is 5.17. The molecule has 4 aromatic rings. The van der Waals surface area contributed by atoms with Gasteiger partial charge in [0.25, 0.3) is 0 Å². The summed E-state index contributed by atoms with van der Waals surface area (Å²) in [6.45, 7) is 0.320. The van der Waals surface area contributed by atoms with Gasteiger partial charge in [-0.1, -0.05) is 5.21 Å². The third-order valence-electron chi connectivity index (χ3n) is 4.52. The number of nitriles is 1. The highest BCUT2D eigenvalue weighted by molar-refractivity contribution is 7.81. The van der Waals surface area contributed by atoms with Crippen molar-refractivity contribution in [1.29, 1.82) is 5.26 Å². The minimum Gasteiger partial charge on any atom is -0.410 e. The van der Waals surface area contributed by atoms with Crippen LogP contribution in [0, 0.1) is 11.3 Å². The lowest BCUT2D eigenvalue weighted by molar-refractivity contribution is 0.207. The van der Waals surface area contributed by atoms with Gasteiger partial charge in [0, 0.05) is 23.9 Å². The zero-order valence-electron chi connectivity index (χ0n) is 16.2. The number of aromatic nitrogens is 5. The lowest BCUT2D eigenvalue weighted by Gasteiger charge is -2.25. The third-order valence-corrected chi connectivity index (χ3v) is 5.73. The second kappa shape index (κ2) is 9.55. The van der Waals surface area contributed by atoms with Crippen LogP contribution in [0.1, 0.15) is 17.8 Å². The number of carbonyl (C=O) groups excluding carboxylic acids is 1. The highest BCUT2D eigenvalue weighted by Gasteiger charge is 2.22. The summed E-state index contributed by atoms with van der Waals surface area (Å²) < 4.78 is 6.54. The number of aryl methyl sites for hydroxylation is 1. The summed E-state index contributed by atoms with van der Waals surface area (Å²) in [5.41, 5.74) is 3.81.